The number of carbonyl (C=O) groups excluding carboxylic acids is 1. The number of nitrogens with one attached hydrogen (secondary N) is 1. The lowest BCUT2D eigenvalue weighted by Gasteiger charge is -2.33. The topological polar surface area (TPSA) is 70.6 Å². The second-order valence-electron chi connectivity index (χ2n) is 7.11. The largest absolute Gasteiger partial charge is 0.484 e. The molecule has 2 heterocycles. The highest BCUT2D eigenvalue weighted by atomic mass is 16.5. The minimum absolute atomic E-state index is 0.0606. The third-order valence-electron chi connectivity index (χ3n) is 4.66. The van der Waals surface area contributed by atoms with Gasteiger partial charge in [-0.25, -0.2) is 9.97 Å². The van der Waals surface area contributed by atoms with Gasteiger partial charge in [0.2, 0.25) is 0 Å². The predicted molar refractivity (Wildman–Crippen MR) is 106 cm³/mol. The quantitative estimate of drug-likeness (QED) is 0.843. The molecule has 1 amide bonds. The lowest BCUT2D eigenvalue weighted by Crippen LogP contribution is -2.44. The molecule has 1 aliphatic rings. The van der Waals surface area contributed by atoms with E-state index in [4.69, 9.17) is 4.74 Å². The van der Waals surface area contributed by atoms with Gasteiger partial charge in [0.1, 0.15) is 23.7 Å². The summed E-state index contributed by atoms with van der Waals surface area (Å²) < 4.78 is 5.56. The van der Waals surface area contributed by atoms with Crippen LogP contribution in [-0.4, -0.2) is 60.6 Å². The van der Waals surface area contributed by atoms with Gasteiger partial charge in [-0.05, 0) is 30.7 Å². The maximum absolute atomic E-state index is 12.2. The second-order valence-corrected chi connectivity index (χ2v) is 7.11. The van der Waals surface area contributed by atoms with Crippen LogP contribution in [0.1, 0.15) is 25.3 Å². The lowest BCUT2D eigenvalue weighted by molar-refractivity contribution is -0.118. The molecule has 1 aliphatic heterocycles. The van der Waals surface area contributed by atoms with E-state index in [1.807, 2.05) is 24.3 Å². The highest BCUT2D eigenvalue weighted by Gasteiger charge is 2.16. The smallest absolute Gasteiger partial charge is 0.263 e. The average Bonchev–Trinajstić information content (AvgIpc) is 2.67. The summed E-state index contributed by atoms with van der Waals surface area (Å²) in [5, 5.41) is 2.78. The van der Waals surface area contributed by atoms with Crippen molar-refractivity contribution >= 4 is 17.5 Å². The molecule has 0 unspecified atom stereocenters. The minimum Gasteiger partial charge on any atom is -0.484 e. The van der Waals surface area contributed by atoms with Crippen molar-refractivity contribution < 1.29 is 9.53 Å². The van der Waals surface area contributed by atoms with E-state index in [2.05, 4.69) is 46.0 Å². The van der Waals surface area contributed by atoms with Crippen LogP contribution in [0, 0.1) is 0 Å². The van der Waals surface area contributed by atoms with Gasteiger partial charge in [0.25, 0.3) is 5.91 Å². The van der Waals surface area contributed by atoms with E-state index in [1.165, 1.54) is 11.9 Å². The van der Waals surface area contributed by atoms with E-state index in [0.717, 1.165) is 32.0 Å². The molecule has 0 atom stereocenters. The van der Waals surface area contributed by atoms with Gasteiger partial charge in [0.05, 0.1) is 0 Å². The number of rotatable bonds is 6. The summed E-state index contributed by atoms with van der Waals surface area (Å²) in [5.41, 5.74) is 1.24. The molecule has 7 heteroatoms. The van der Waals surface area contributed by atoms with E-state index >= 15 is 0 Å². The van der Waals surface area contributed by atoms with Gasteiger partial charge in [-0.15, -0.1) is 0 Å². The van der Waals surface area contributed by atoms with Crippen LogP contribution in [0.3, 0.4) is 0 Å². The molecule has 0 aliphatic carbocycles. The van der Waals surface area contributed by atoms with Crippen molar-refractivity contribution in [3.63, 3.8) is 0 Å². The summed E-state index contributed by atoms with van der Waals surface area (Å²) in [6, 6.07) is 9.62. The van der Waals surface area contributed by atoms with Gasteiger partial charge in [-0.3, -0.25) is 4.79 Å². The highest BCUT2D eigenvalue weighted by molar-refractivity contribution is 5.91. The van der Waals surface area contributed by atoms with Crippen LogP contribution < -0.4 is 15.0 Å². The van der Waals surface area contributed by atoms with Crippen molar-refractivity contribution in [3.05, 3.63) is 42.2 Å². The molecule has 0 bridgehead atoms. The number of benzene rings is 1. The zero-order chi connectivity index (χ0) is 19.2. The highest BCUT2D eigenvalue weighted by Crippen LogP contribution is 2.19. The fraction of sp³-hybridized carbons (Fsp3) is 0.450. The SMILES string of the molecule is CC(C)c1ccc(OCC(=O)Nc2cc(N3CCN(C)CC3)ncn2)cc1. The first-order valence-corrected chi connectivity index (χ1v) is 9.29. The molecule has 1 N–H and O–H groups in total. The first-order valence-electron chi connectivity index (χ1n) is 9.29. The maximum atomic E-state index is 12.2. The van der Waals surface area contributed by atoms with E-state index in [0.29, 0.717) is 17.5 Å². The van der Waals surface area contributed by atoms with Crippen LogP contribution in [0.5, 0.6) is 5.75 Å². The fourth-order valence-corrected chi connectivity index (χ4v) is 2.90. The normalized spacial score (nSPS) is 15.0. The molecular formula is C20H27N5O2. The van der Waals surface area contributed by atoms with Crippen molar-refractivity contribution in [1.29, 1.82) is 0 Å². The summed E-state index contributed by atoms with van der Waals surface area (Å²) in [5.74, 6) is 2.22. The van der Waals surface area contributed by atoms with Gasteiger partial charge in [-0.1, -0.05) is 26.0 Å². The first kappa shape index (κ1) is 19.1. The van der Waals surface area contributed by atoms with Gasteiger partial charge in [-0.2, -0.15) is 0 Å². The first-order chi connectivity index (χ1) is 13.0. The molecule has 27 heavy (non-hydrogen) atoms. The summed E-state index contributed by atoms with van der Waals surface area (Å²) in [4.78, 5) is 25.1. The fourth-order valence-electron chi connectivity index (χ4n) is 2.90. The molecule has 144 valence electrons. The number of piperazine rings is 1. The average molecular weight is 369 g/mol. The summed E-state index contributed by atoms with van der Waals surface area (Å²) in [6.45, 7) is 8.04. The molecule has 0 radical (unpaired) electrons. The Morgan fingerprint density at radius 1 is 1.15 bits per heavy atom. The molecule has 0 spiro atoms. The number of likely N-dealkylation sites (N-methyl/N-ethyl adjacent to an activating group) is 1. The molecule has 0 saturated carbocycles. The predicted octanol–water partition coefficient (Wildman–Crippen LogP) is 2.37. The van der Waals surface area contributed by atoms with Crippen molar-refractivity contribution in [2.45, 2.75) is 19.8 Å². The number of anilines is 2. The molecule has 2 aromatic rings. The Morgan fingerprint density at radius 3 is 2.52 bits per heavy atom. The van der Waals surface area contributed by atoms with Crippen LogP contribution in [0.4, 0.5) is 11.6 Å². The number of hydrogen-bond acceptors (Lipinski definition) is 6. The number of nitrogens with zero attached hydrogens (tertiary/aromatic N) is 4. The number of carbonyl (C=O) groups is 1. The Labute approximate surface area is 160 Å². The Morgan fingerprint density at radius 2 is 1.85 bits per heavy atom. The molecule has 1 aromatic heterocycles. The zero-order valence-electron chi connectivity index (χ0n) is 16.2. The van der Waals surface area contributed by atoms with Gasteiger partial charge in [0.15, 0.2) is 6.61 Å². The maximum Gasteiger partial charge on any atom is 0.263 e. The van der Waals surface area contributed by atoms with E-state index in [1.54, 1.807) is 6.07 Å². The third kappa shape index (κ3) is 5.40. The Hall–Kier alpha value is -2.67. The molecule has 1 aromatic carbocycles. The van der Waals surface area contributed by atoms with Crippen molar-refractivity contribution in [3.8, 4) is 5.75 Å². The van der Waals surface area contributed by atoms with E-state index < -0.39 is 0 Å². The van der Waals surface area contributed by atoms with Crippen LogP contribution in [-0.2, 0) is 4.79 Å². The lowest BCUT2D eigenvalue weighted by atomic mass is 10.0. The van der Waals surface area contributed by atoms with Gasteiger partial charge in [0, 0.05) is 32.2 Å². The van der Waals surface area contributed by atoms with Crippen LogP contribution in [0.2, 0.25) is 0 Å². The Kier molecular flexibility index (Phi) is 6.24. The summed E-state index contributed by atoms with van der Waals surface area (Å²) in [6.07, 6.45) is 1.48. The van der Waals surface area contributed by atoms with Crippen LogP contribution in [0.15, 0.2) is 36.7 Å². The van der Waals surface area contributed by atoms with Crippen LogP contribution >= 0.6 is 0 Å². The molecular weight excluding hydrogens is 342 g/mol. The monoisotopic (exact) mass is 369 g/mol. The number of ether oxygens (including phenoxy) is 1. The standard InChI is InChI=1S/C20H27N5O2/c1-15(2)16-4-6-17(7-5-16)27-13-20(26)23-18-12-19(22-14-21-18)25-10-8-24(3)9-11-25/h4-7,12,14-15H,8-11,13H2,1-3H3,(H,21,22,23,26). The number of amides is 1. The van der Waals surface area contributed by atoms with E-state index in [-0.39, 0.29) is 12.5 Å². The number of aromatic nitrogens is 2. The molecule has 1 fully saturated rings. The zero-order valence-corrected chi connectivity index (χ0v) is 16.2. The number of hydrogen-bond donors (Lipinski definition) is 1. The van der Waals surface area contributed by atoms with Gasteiger partial charge < -0.3 is 19.9 Å². The van der Waals surface area contributed by atoms with Gasteiger partial charge >= 0.3 is 0 Å². The van der Waals surface area contributed by atoms with Crippen LogP contribution in [0.25, 0.3) is 0 Å². The third-order valence-corrected chi connectivity index (χ3v) is 4.66. The Balaban J connectivity index is 1.52. The molecule has 3 rings (SSSR count). The van der Waals surface area contributed by atoms with Crippen molar-refractivity contribution in [2.75, 3.05) is 50.1 Å². The Bertz CT molecular complexity index is 755. The van der Waals surface area contributed by atoms with Crippen molar-refractivity contribution in [2.24, 2.45) is 0 Å². The summed E-state index contributed by atoms with van der Waals surface area (Å²) in [7, 11) is 2.11. The second kappa shape index (κ2) is 8.81. The molecule has 1 saturated heterocycles. The van der Waals surface area contributed by atoms with E-state index in [9.17, 15) is 4.79 Å². The molecule has 7 nitrogen and oxygen atoms in total. The minimum atomic E-state index is -0.244. The summed E-state index contributed by atoms with van der Waals surface area (Å²) >= 11 is 0. The van der Waals surface area contributed by atoms with Crippen molar-refractivity contribution in [1.82, 2.24) is 14.9 Å².